The number of para-hydroxylation sites is 2. The molecule has 1 saturated heterocycles. The first-order valence-corrected chi connectivity index (χ1v) is 15.8. The third kappa shape index (κ3) is 4.97. The molecule has 12 nitrogen and oxygen atoms in total. The zero-order valence-electron chi connectivity index (χ0n) is 21.1. The highest BCUT2D eigenvalue weighted by atomic mass is 32.2. The van der Waals surface area contributed by atoms with Gasteiger partial charge in [0.15, 0.2) is 11.6 Å². The predicted molar refractivity (Wildman–Crippen MR) is 152 cm³/mol. The molecule has 0 spiro atoms. The van der Waals surface area contributed by atoms with Crippen molar-refractivity contribution in [2.24, 2.45) is 0 Å². The molecule has 6 rings (SSSR count). The quantitative estimate of drug-likeness (QED) is 0.285. The first-order valence-electron chi connectivity index (χ1n) is 12.2. The molecule has 206 valence electrons. The summed E-state index contributed by atoms with van der Waals surface area (Å²) in [6.45, 7) is 3.00. The van der Waals surface area contributed by atoms with Gasteiger partial charge in [-0.15, -0.1) is 0 Å². The largest absolute Gasteiger partial charge is 0.379 e. The minimum Gasteiger partial charge on any atom is -0.379 e. The Morgan fingerprint density at radius 2 is 1.55 bits per heavy atom. The Hall–Kier alpha value is -3.76. The van der Waals surface area contributed by atoms with E-state index >= 15 is 0 Å². The first-order chi connectivity index (χ1) is 19.2. The van der Waals surface area contributed by atoms with Gasteiger partial charge in [-0.05, 0) is 48.9 Å². The molecule has 2 aromatic heterocycles. The maximum atomic E-state index is 13.5. The molecule has 0 aliphatic carbocycles. The summed E-state index contributed by atoms with van der Waals surface area (Å²) in [6, 6.07) is 16.5. The summed E-state index contributed by atoms with van der Waals surface area (Å²) >= 11 is 0.919. The van der Waals surface area contributed by atoms with Crippen LogP contribution in [0.2, 0.25) is 0 Å². The fourth-order valence-electron chi connectivity index (χ4n) is 4.30. The van der Waals surface area contributed by atoms with E-state index in [0.717, 1.165) is 17.3 Å². The molecule has 15 heteroatoms. The van der Waals surface area contributed by atoms with E-state index in [1.807, 2.05) is 6.92 Å². The minimum atomic E-state index is -4.15. The van der Waals surface area contributed by atoms with E-state index in [2.05, 4.69) is 28.8 Å². The Balaban J connectivity index is 1.41. The van der Waals surface area contributed by atoms with Gasteiger partial charge in [0.05, 0.1) is 40.9 Å². The smallest absolute Gasteiger partial charge is 0.265 e. The van der Waals surface area contributed by atoms with Crippen molar-refractivity contribution in [1.29, 1.82) is 0 Å². The van der Waals surface area contributed by atoms with Crippen molar-refractivity contribution in [3.8, 4) is 0 Å². The molecule has 40 heavy (non-hydrogen) atoms. The number of anilines is 3. The first kappa shape index (κ1) is 26.5. The Labute approximate surface area is 234 Å². The van der Waals surface area contributed by atoms with E-state index in [1.54, 1.807) is 48.5 Å². The fourth-order valence-corrected chi connectivity index (χ4v) is 7.51. The van der Waals surface area contributed by atoms with Crippen molar-refractivity contribution < 1.29 is 21.6 Å². The van der Waals surface area contributed by atoms with E-state index < -0.39 is 20.0 Å². The van der Waals surface area contributed by atoms with E-state index in [1.165, 1.54) is 16.4 Å². The molecule has 3 heterocycles. The molecular weight excluding hydrogens is 575 g/mol. The van der Waals surface area contributed by atoms with Gasteiger partial charge in [0, 0.05) is 18.8 Å². The minimum absolute atomic E-state index is 0.0468. The van der Waals surface area contributed by atoms with E-state index in [9.17, 15) is 16.8 Å². The highest BCUT2D eigenvalue weighted by Gasteiger charge is 2.27. The SMILES string of the molecule is Cc1ccc(S(=O)(=O)N2CCOCC2)cc1Nc1nc2ccccc2nc1NS(=O)(=O)c1cccc2nsnc12. The number of benzene rings is 3. The molecule has 0 unspecified atom stereocenters. The molecule has 0 saturated carbocycles. The van der Waals surface area contributed by atoms with E-state index in [-0.39, 0.29) is 40.0 Å². The number of ether oxygens (including phenoxy) is 1. The van der Waals surface area contributed by atoms with Crippen molar-refractivity contribution in [3.63, 3.8) is 0 Å². The fraction of sp³-hybridized carbons (Fsp3) is 0.200. The van der Waals surface area contributed by atoms with Crippen LogP contribution in [0, 0.1) is 6.92 Å². The summed E-state index contributed by atoms with van der Waals surface area (Å²) in [5.74, 6) is 0.0506. The Morgan fingerprint density at radius 3 is 2.30 bits per heavy atom. The second kappa shape index (κ2) is 10.3. The van der Waals surface area contributed by atoms with Crippen LogP contribution in [0.5, 0.6) is 0 Å². The summed E-state index contributed by atoms with van der Waals surface area (Å²) in [5, 5.41) is 3.12. The lowest BCUT2D eigenvalue weighted by molar-refractivity contribution is 0.0730. The van der Waals surface area contributed by atoms with Gasteiger partial charge in [-0.2, -0.15) is 13.1 Å². The molecule has 0 bridgehead atoms. The van der Waals surface area contributed by atoms with Gasteiger partial charge >= 0.3 is 0 Å². The monoisotopic (exact) mass is 597 g/mol. The van der Waals surface area contributed by atoms with Crippen molar-refractivity contribution in [2.75, 3.05) is 36.3 Å². The Morgan fingerprint density at radius 1 is 0.850 bits per heavy atom. The van der Waals surface area contributed by atoms with Crippen LogP contribution in [0.25, 0.3) is 22.1 Å². The molecule has 3 aromatic carbocycles. The number of aromatic nitrogens is 4. The average molecular weight is 598 g/mol. The number of nitrogens with one attached hydrogen (secondary N) is 2. The van der Waals surface area contributed by atoms with E-state index in [0.29, 0.717) is 35.5 Å². The highest BCUT2D eigenvalue weighted by molar-refractivity contribution is 7.93. The molecule has 1 fully saturated rings. The van der Waals surface area contributed by atoms with Crippen LogP contribution < -0.4 is 10.0 Å². The number of morpholine rings is 1. The van der Waals surface area contributed by atoms with Crippen molar-refractivity contribution in [3.05, 3.63) is 66.2 Å². The molecule has 1 aliphatic heterocycles. The van der Waals surface area contributed by atoms with Crippen LogP contribution in [-0.2, 0) is 24.8 Å². The number of sulfonamides is 2. The second-order valence-corrected chi connectivity index (χ2v) is 13.1. The number of rotatable bonds is 7. The molecule has 5 aromatic rings. The van der Waals surface area contributed by atoms with Crippen molar-refractivity contribution in [2.45, 2.75) is 16.7 Å². The zero-order valence-corrected chi connectivity index (χ0v) is 23.6. The molecule has 0 radical (unpaired) electrons. The molecule has 2 N–H and O–H groups in total. The van der Waals surface area contributed by atoms with Crippen molar-refractivity contribution >= 4 is 71.2 Å². The molecule has 0 atom stereocenters. The highest BCUT2D eigenvalue weighted by Crippen LogP contribution is 2.31. The van der Waals surface area contributed by atoms with Gasteiger partial charge in [-0.25, -0.2) is 26.8 Å². The lowest BCUT2D eigenvalue weighted by Crippen LogP contribution is -2.40. The van der Waals surface area contributed by atoms with Gasteiger partial charge in [0.1, 0.15) is 15.9 Å². The van der Waals surface area contributed by atoms with Crippen LogP contribution in [0.1, 0.15) is 5.56 Å². The maximum Gasteiger partial charge on any atom is 0.265 e. The van der Waals surface area contributed by atoms with Gasteiger partial charge in [-0.1, -0.05) is 24.3 Å². The standard InChI is InChI=1S/C25H23N7O5S3/c1-16-9-10-17(40(35,36)32-11-13-37-14-12-32)15-21(16)28-24-25(27-19-6-3-2-5-18(19)26-24)31-39(33,34)22-8-4-7-20-23(22)30-38-29-20/h2-10,15H,11-14H2,1H3,(H,26,28)(H,27,31). The van der Waals surface area contributed by atoms with Crippen molar-refractivity contribution in [1.82, 2.24) is 23.0 Å². The number of aryl methyl sites for hydroxylation is 1. The van der Waals surface area contributed by atoms with Crippen LogP contribution in [0.3, 0.4) is 0 Å². The summed E-state index contributed by atoms with van der Waals surface area (Å²) in [4.78, 5) is 9.21. The number of fused-ring (bicyclic) bond motifs is 2. The van der Waals surface area contributed by atoms with Gasteiger partial charge < -0.3 is 10.1 Å². The number of hydrogen-bond donors (Lipinski definition) is 2. The molecule has 0 amide bonds. The lowest BCUT2D eigenvalue weighted by Gasteiger charge is -2.26. The predicted octanol–water partition coefficient (Wildman–Crippen LogP) is 3.51. The van der Waals surface area contributed by atoms with Crippen LogP contribution in [0.15, 0.2) is 70.5 Å². The van der Waals surface area contributed by atoms with Gasteiger partial charge in [0.2, 0.25) is 10.0 Å². The number of hydrogen-bond acceptors (Lipinski definition) is 11. The maximum absolute atomic E-state index is 13.5. The summed E-state index contributed by atoms with van der Waals surface area (Å²) in [7, 11) is -7.92. The lowest BCUT2D eigenvalue weighted by atomic mass is 10.2. The average Bonchev–Trinajstić information content (AvgIpc) is 3.44. The van der Waals surface area contributed by atoms with E-state index in [4.69, 9.17) is 4.74 Å². The zero-order chi connectivity index (χ0) is 27.9. The van der Waals surface area contributed by atoms with Crippen LogP contribution >= 0.6 is 11.7 Å². The van der Waals surface area contributed by atoms with Crippen LogP contribution in [-0.4, -0.2) is 66.2 Å². The third-order valence-electron chi connectivity index (χ3n) is 6.41. The Kier molecular flexibility index (Phi) is 6.83. The Bertz CT molecular complexity index is 1960. The summed E-state index contributed by atoms with van der Waals surface area (Å²) in [6.07, 6.45) is 0. The topological polar surface area (TPSA) is 156 Å². The van der Waals surface area contributed by atoms with Gasteiger partial charge in [0.25, 0.3) is 10.0 Å². The molecular formula is C25H23N7O5S3. The second-order valence-electron chi connectivity index (χ2n) is 9.02. The van der Waals surface area contributed by atoms with Gasteiger partial charge in [-0.3, -0.25) is 4.72 Å². The summed E-state index contributed by atoms with van der Waals surface area (Å²) < 4.78 is 71.1. The third-order valence-corrected chi connectivity index (χ3v) is 10.2. The summed E-state index contributed by atoms with van der Waals surface area (Å²) in [5.41, 5.74) is 2.87. The van der Waals surface area contributed by atoms with Crippen LogP contribution in [0.4, 0.5) is 17.3 Å². The normalized spacial score (nSPS) is 14.9. The number of nitrogens with zero attached hydrogens (tertiary/aromatic N) is 5. The molecule has 1 aliphatic rings.